The summed E-state index contributed by atoms with van der Waals surface area (Å²) in [4.78, 5) is 29.0. The van der Waals surface area contributed by atoms with Crippen LogP contribution in [-0.4, -0.2) is 35.9 Å². The van der Waals surface area contributed by atoms with E-state index in [0.717, 1.165) is 29.4 Å². The molecule has 0 aliphatic heterocycles. The van der Waals surface area contributed by atoms with Gasteiger partial charge in [0.1, 0.15) is 5.65 Å². The molecule has 1 saturated carbocycles. The highest BCUT2D eigenvalue weighted by atomic mass is 16.3. The van der Waals surface area contributed by atoms with Crippen molar-refractivity contribution in [1.29, 1.82) is 0 Å². The number of hydrogen-bond acceptors (Lipinski definition) is 5. The number of aromatic nitrogens is 4. The molecule has 8 heteroatoms. The first-order valence-corrected chi connectivity index (χ1v) is 9.57. The van der Waals surface area contributed by atoms with Gasteiger partial charge in [0.15, 0.2) is 5.52 Å². The summed E-state index contributed by atoms with van der Waals surface area (Å²) in [6.45, 7) is 0.680. The van der Waals surface area contributed by atoms with Crippen LogP contribution in [0.3, 0.4) is 0 Å². The Balaban J connectivity index is 1.64. The van der Waals surface area contributed by atoms with Gasteiger partial charge in [-0.05, 0) is 24.8 Å². The molecule has 3 aromatic rings. The maximum Gasteiger partial charge on any atom is 0.332 e. The second kappa shape index (κ2) is 7.37. The lowest BCUT2D eigenvalue weighted by Crippen LogP contribution is -2.47. The van der Waals surface area contributed by atoms with Crippen molar-refractivity contribution in [3.8, 4) is 0 Å². The van der Waals surface area contributed by atoms with Crippen LogP contribution in [0.5, 0.6) is 0 Å². The highest BCUT2D eigenvalue weighted by Gasteiger charge is 2.34. The Bertz CT molecular complexity index is 1100. The highest BCUT2D eigenvalue weighted by Crippen LogP contribution is 2.31. The second-order valence-corrected chi connectivity index (χ2v) is 7.49. The first-order chi connectivity index (χ1) is 13.5. The van der Waals surface area contributed by atoms with Crippen LogP contribution in [0, 0.1) is 0 Å². The molecule has 0 unspecified atom stereocenters. The van der Waals surface area contributed by atoms with Crippen LogP contribution < -0.4 is 16.6 Å². The van der Waals surface area contributed by atoms with Crippen molar-refractivity contribution in [3.63, 3.8) is 0 Å². The number of hydrogen-bond donors (Lipinski definition) is 2. The van der Waals surface area contributed by atoms with Crippen molar-refractivity contribution in [3.05, 3.63) is 63.1 Å². The van der Waals surface area contributed by atoms with E-state index in [1.54, 1.807) is 17.9 Å². The SMILES string of the molecule is Cn1c(=O)c2ncn([C@@H]3CCC[C@@H](NCc4ccccc4)[C@H]3O)c2n(C)c1=O. The molecule has 0 spiro atoms. The zero-order chi connectivity index (χ0) is 19.8. The van der Waals surface area contributed by atoms with Crippen LogP contribution in [0.4, 0.5) is 0 Å². The third-order valence-electron chi connectivity index (χ3n) is 5.76. The van der Waals surface area contributed by atoms with Gasteiger partial charge in [0.05, 0.1) is 18.5 Å². The summed E-state index contributed by atoms with van der Waals surface area (Å²) in [6, 6.07) is 9.76. The number of aliphatic hydroxyl groups is 1. The van der Waals surface area contributed by atoms with Crippen LogP contribution in [0.25, 0.3) is 11.2 Å². The molecule has 0 bridgehead atoms. The van der Waals surface area contributed by atoms with Crippen molar-refractivity contribution in [1.82, 2.24) is 24.0 Å². The lowest BCUT2D eigenvalue weighted by atomic mass is 9.87. The number of imidazole rings is 1. The number of nitrogens with zero attached hydrogens (tertiary/aromatic N) is 4. The van der Waals surface area contributed by atoms with Crippen LogP contribution in [0.2, 0.25) is 0 Å². The molecule has 148 valence electrons. The van der Waals surface area contributed by atoms with Gasteiger partial charge < -0.3 is 15.0 Å². The molecule has 1 fully saturated rings. The van der Waals surface area contributed by atoms with Crippen LogP contribution in [0.15, 0.2) is 46.2 Å². The Kier molecular flexibility index (Phi) is 4.91. The summed E-state index contributed by atoms with van der Waals surface area (Å²) in [7, 11) is 3.07. The number of nitrogens with one attached hydrogen (secondary N) is 1. The third kappa shape index (κ3) is 3.08. The van der Waals surface area contributed by atoms with Gasteiger partial charge >= 0.3 is 5.69 Å². The number of rotatable bonds is 4. The third-order valence-corrected chi connectivity index (χ3v) is 5.76. The fourth-order valence-corrected chi connectivity index (χ4v) is 4.17. The van der Waals surface area contributed by atoms with Gasteiger partial charge in [0.25, 0.3) is 5.56 Å². The normalized spacial score (nSPS) is 22.6. The lowest BCUT2D eigenvalue weighted by molar-refractivity contribution is 0.0435. The zero-order valence-corrected chi connectivity index (χ0v) is 16.1. The number of fused-ring (bicyclic) bond motifs is 1. The van der Waals surface area contributed by atoms with E-state index in [0.29, 0.717) is 12.2 Å². The van der Waals surface area contributed by atoms with Crippen molar-refractivity contribution in [2.45, 2.75) is 44.0 Å². The van der Waals surface area contributed by atoms with Crippen LogP contribution in [-0.2, 0) is 20.6 Å². The van der Waals surface area contributed by atoms with E-state index in [1.165, 1.54) is 11.6 Å². The summed E-state index contributed by atoms with van der Waals surface area (Å²) >= 11 is 0. The van der Waals surface area contributed by atoms with E-state index in [9.17, 15) is 14.7 Å². The molecule has 1 aliphatic rings. The van der Waals surface area contributed by atoms with Gasteiger partial charge in [-0.2, -0.15) is 0 Å². The van der Waals surface area contributed by atoms with E-state index >= 15 is 0 Å². The fourth-order valence-electron chi connectivity index (χ4n) is 4.17. The molecule has 3 atom stereocenters. The largest absolute Gasteiger partial charge is 0.389 e. The average molecular weight is 383 g/mol. The number of benzene rings is 1. The maximum absolute atomic E-state index is 12.4. The Morgan fingerprint density at radius 1 is 1.14 bits per heavy atom. The van der Waals surface area contributed by atoms with Gasteiger partial charge in [-0.3, -0.25) is 13.9 Å². The first kappa shape index (κ1) is 18.6. The van der Waals surface area contributed by atoms with Crippen molar-refractivity contribution in [2.75, 3.05) is 0 Å². The minimum atomic E-state index is -0.644. The Hall–Kier alpha value is -2.71. The molecule has 1 aliphatic carbocycles. The molecular weight excluding hydrogens is 358 g/mol. The minimum Gasteiger partial charge on any atom is -0.389 e. The molecule has 2 heterocycles. The maximum atomic E-state index is 12.4. The molecule has 28 heavy (non-hydrogen) atoms. The molecule has 0 radical (unpaired) electrons. The van der Waals surface area contributed by atoms with Crippen LogP contribution in [0.1, 0.15) is 30.9 Å². The Morgan fingerprint density at radius 2 is 1.89 bits per heavy atom. The van der Waals surface area contributed by atoms with E-state index in [2.05, 4.69) is 22.4 Å². The number of aryl methyl sites for hydroxylation is 1. The Morgan fingerprint density at radius 3 is 2.64 bits per heavy atom. The summed E-state index contributed by atoms with van der Waals surface area (Å²) in [6.07, 6.45) is 3.50. The quantitative estimate of drug-likeness (QED) is 0.691. The lowest BCUT2D eigenvalue weighted by Gasteiger charge is -2.36. The van der Waals surface area contributed by atoms with Crippen molar-refractivity contribution >= 4 is 11.2 Å². The van der Waals surface area contributed by atoms with Gasteiger partial charge in [0, 0.05) is 26.7 Å². The van der Waals surface area contributed by atoms with Crippen LogP contribution >= 0.6 is 0 Å². The topological polar surface area (TPSA) is 94.1 Å². The van der Waals surface area contributed by atoms with E-state index in [1.807, 2.05) is 18.2 Å². The standard InChI is InChI=1S/C20H25N5O3/c1-23-18-16(19(27)24(2)20(23)28)22-12-25(18)15-10-6-9-14(17(15)26)21-11-13-7-4-3-5-8-13/h3-5,7-8,12,14-15,17,21,26H,6,9-11H2,1-2H3/t14-,15-,17-/m1/s1. The predicted octanol–water partition coefficient (Wildman–Crippen LogP) is 0.678. The van der Waals surface area contributed by atoms with Gasteiger partial charge in [-0.15, -0.1) is 0 Å². The second-order valence-electron chi connectivity index (χ2n) is 7.49. The summed E-state index contributed by atoms with van der Waals surface area (Å²) in [5.41, 5.74) is 1.05. The monoisotopic (exact) mass is 383 g/mol. The van der Waals surface area contributed by atoms with E-state index in [-0.39, 0.29) is 17.6 Å². The van der Waals surface area contributed by atoms with Crippen molar-refractivity contribution < 1.29 is 5.11 Å². The summed E-state index contributed by atoms with van der Waals surface area (Å²) < 4.78 is 4.28. The smallest absolute Gasteiger partial charge is 0.332 e. The summed E-state index contributed by atoms with van der Waals surface area (Å²) in [5, 5.41) is 14.5. The average Bonchev–Trinajstić information content (AvgIpc) is 3.16. The molecule has 2 aromatic heterocycles. The fraction of sp³-hybridized carbons (Fsp3) is 0.450. The molecule has 0 saturated heterocycles. The number of aliphatic hydroxyl groups excluding tert-OH is 1. The molecule has 1 aromatic carbocycles. The first-order valence-electron chi connectivity index (χ1n) is 9.57. The summed E-state index contributed by atoms with van der Waals surface area (Å²) in [5.74, 6) is 0. The molecule has 8 nitrogen and oxygen atoms in total. The molecule has 2 N–H and O–H groups in total. The molecule has 0 amide bonds. The van der Waals surface area contributed by atoms with Crippen molar-refractivity contribution in [2.24, 2.45) is 14.1 Å². The zero-order valence-electron chi connectivity index (χ0n) is 16.1. The van der Waals surface area contributed by atoms with Gasteiger partial charge in [0.2, 0.25) is 0 Å². The molecule has 4 rings (SSSR count). The molecular formula is C20H25N5O3. The van der Waals surface area contributed by atoms with E-state index in [4.69, 9.17) is 0 Å². The van der Waals surface area contributed by atoms with Gasteiger partial charge in [-0.25, -0.2) is 9.78 Å². The Labute approximate surface area is 162 Å². The van der Waals surface area contributed by atoms with E-state index < -0.39 is 17.4 Å². The predicted molar refractivity (Wildman–Crippen MR) is 106 cm³/mol. The highest BCUT2D eigenvalue weighted by molar-refractivity contribution is 5.70. The minimum absolute atomic E-state index is 0.0695. The van der Waals surface area contributed by atoms with Gasteiger partial charge in [-0.1, -0.05) is 30.3 Å².